The van der Waals surface area contributed by atoms with E-state index in [4.69, 9.17) is 28.9 Å². The molecule has 1 atom stereocenters. The first-order valence-electron chi connectivity index (χ1n) is 6.93. The molecule has 0 radical (unpaired) electrons. The van der Waals surface area contributed by atoms with Gasteiger partial charge >= 0.3 is 0 Å². The lowest BCUT2D eigenvalue weighted by Gasteiger charge is -2.10. The Morgan fingerprint density at radius 1 is 1.35 bits per heavy atom. The minimum Gasteiger partial charge on any atom is -0.356 e. The van der Waals surface area contributed by atoms with Gasteiger partial charge in [-0.05, 0) is 49.4 Å². The highest BCUT2D eigenvalue weighted by atomic mass is 35.5. The first-order chi connectivity index (χ1) is 9.52. The van der Waals surface area contributed by atoms with Crippen LogP contribution in [0.3, 0.4) is 0 Å². The van der Waals surface area contributed by atoms with E-state index in [1.54, 1.807) is 12.1 Å². The summed E-state index contributed by atoms with van der Waals surface area (Å²) >= 11 is 11.9. The fraction of sp³-hybridized carbons (Fsp3) is 0.533. The first-order valence-corrected chi connectivity index (χ1v) is 7.69. The molecule has 1 aromatic rings. The van der Waals surface area contributed by atoms with Crippen molar-refractivity contribution >= 4 is 29.1 Å². The molecule has 20 heavy (non-hydrogen) atoms. The van der Waals surface area contributed by atoms with E-state index in [9.17, 15) is 4.79 Å². The van der Waals surface area contributed by atoms with Gasteiger partial charge < -0.3 is 11.1 Å². The highest BCUT2D eigenvalue weighted by Gasteiger charge is 2.06. The summed E-state index contributed by atoms with van der Waals surface area (Å²) in [5.74, 6) is 0.579. The predicted molar refractivity (Wildman–Crippen MR) is 85.2 cm³/mol. The minimum atomic E-state index is 0.0824. The van der Waals surface area contributed by atoms with E-state index < -0.39 is 0 Å². The van der Waals surface area contributed by atoms with Crippen LogP contribution in [0.15, 0.2) is 18.2 Å². The maximum Gasteiger partial charge on any atom is 0.220 e. The van der Waals surface area contributed by atoms with Gasteiger partial charge in [-0.2, -0.15) is 0 Å². The summed E-state index contributed by atoms with van der Waals surface area (Å²) in [6.07, 6.45) is 3.11. The number of nitrogens with one attached hydrogen (secondary N) is 1. The number of carbonyl (C=O) groups is 1. The van der Waals surface area contributed by atoms with Crippen LogP contribution in [-0.2, 0) is 11.2 Å². The number of nitrogens with two attached hydrogens (primary N) is 1. The third-order valence-electron chi connectivity index (χ3n) is 3.26. The number of amides is 1. The SMILES string of the molecule is CC(CCN)CCC(=O)NCCc1ccc(Cl)cc1Cl. The second-order valence-electron chi connectivity index (χ2n) is 5.06. The highest BCUT2D eigenvalue weighted by Crippen LogP contribution is 2.21. The van der Waals surface area contributed by atoms with Crippen LogP contribution in [0.25, 0.3) is 0 Å². The van der Waals surface area contributed by atoms with Crippen molar-refractivity contribution in [2.75, 3.05) is 13.1 Å². The fourth-order valence-electron chi connectivity index (χ4n) is 1.96. The monoisotopic (exact) mass is 316 g/mol. The second kappa shape index (κ2) is 9.22. The van der Waals surface area contributed by atoms with Gasteiger partial charge in [0, 0.05) is 23.0 Å². The smallest absolute Gasteiger partial charge is 0.220 e. The summed E-state index contributed by atoms with van der Waals surface area (Å²) < 4.78 is 0. The summed E-state index contributed by atoms with van der Waals surface area (Å²) in [5.41, 5.74) is 6.48. The van der Waals surface area contributed by atoms with E-state index in [2.05, 4.69) is 12.2 Å². The molecule has 1 rings (SSSR count). The van der Waals surface area contributed by atoms with Crippen molar-refractivity contribution in [1.29, 1.82) is 0 Å². The van der Waals surface area contributed by atoms with Gasteiger partial charge in [0.25, 0.3) is 0 Å². The minimum absolute atomic E-state index is 0.0824. The molecular formula is C15H22Cl2N2O. The van der Waals surface area contributed by atoms with Gasteiger partial charge in [-0.25, -0.2) is 0 Å². The Morgan fingerprint density at radius 2 is 2.10 bits per heavy atom. The number of hydrogen-bond acceptors (Lipinski definition) is 2. The van der Waals surface area contributed by atoms with Crippen LogP contribution in [0.1, 0.15) is 31.7 Å². The summed E-state index contributed by atoms with van der Waals surface area (Å²) in [6, 6.07) is 5.41. The Bertz CT molecular complexity index is 438. The van der Waals surface area contributed by atoms with Crippen LogP contribution in [0.4, 0.5) is 0 Å². The Morgan fingerprint density at radius 3 is 2.75 bits per heavy atom. The largest absolute Gasteiger partial charge is 0.356 e. The maximum atomic E-state index is 11.7. The Kier molecular flexibility index (Phi) is 7.97. The lowest BCUT2D eigenvalue weighted by molar-refractivity contribution is -0.121. The molecule has 1 amide bonds. The topological polar surface area (TPSA) is 55.1 Å². The van der Waals surface area contributed by atoms with Gasteiger partial charge in [-0.1, -0.05) is 36.2 Å². The third-order valence-corrected chi connectivity index (χ3v) is 3.84. The highest BCUT2D eigenvalue weighted by molar-refractivity contribution is 6.35. The molecule has 0 aliphatic heterocycles. The number of carbonyl (C=O) groups excluding carboxylic acids is 1. The van der Waals surface area contributed by atoms with Gasteiger partial charge in [-0.15, -0.1) is 0 Å². The number of halogens is 2. The molecule has 5 heteroatoms. The van der Waals surface area contributed by atoms with Crippen molar-refractivity contribution in [3.8, 4) is 0 Å². The molecule has 0 aliphatic rings. The van der Waals surface area contributed by atoms with Gasteiger partial charge in [0.1, 0.15) is 0 Å². The standard InChI is InChI=1S/C15H22Cl2N2O/c1-11(6-8-18)2-5-15(20)19-9-7-12-3-4-13(16)10-14(12)17/h3-4,10-11H,2,5-9,18H2,1H3,(H,19,20). The summed E-state index contributed by atoms with van der Waals surface area (Å²) in [6.45, 7) is 3.39. The van der Waals surface area contributed by atoms with E-state index >= 15 is 0 Å². The summed E-state index contributed by atoms with van der Waals surface area (Å²) in [7, 11) is 0. The van der Waals surface area contributed by atoms with E-state index in [1.165, 1.54) is 0 Å². The average Bonchev–Trinajstić information content (AvgIpc) is 2.39. The normalized spacial score (nSPS) is 12.2. The quantitative estimate of drug-likeness (QED) is 0.772. The molecule has 1 aromatic carbocycles. The van der Waals surface area contributed by atoms with Crippen LogP contribution in [0, 0.1) is 5.92 Å². The van der Waals surface area contributed by atoms with E-state index in [0.29, 0.717) is 41.9 Å². The molecule has 1 unspecified atom stereocenters. The molecule has 0 heterocycles. The Labute approximate surface area is 130 Å². The van der Waals surface area contributed by atoms with Crippen LogP contribution >= 0.6 is 23.2 Å². The average molecular weight is 317 g/mol. The van der Waals surface area contributed by atoms with Crippen LogP contribution in [0.2, 0.25) is 10.0 Å². The van der Waals surface area contributed by atoms with Gasteiger partial charge in [0.2, 0.25) is 5.91 Å². The van der Waals surface area contributed by atoms with E-state index in [-0.39, 0.29) is 5.91 Å². The maximum absolute atomic E-state index is 11.7. The lowest BCUT2D eigenvalue weighted by Crippen LogP contribution is -2.26. The van der Waals surface area contributed by atoms with Crippen LogP contribution in [0.5, 0.6) is 0 Å². The summed E-state index contributed by atoms with van der Waals surface area (Å²) in [4.78, 5) is 11.7. The third kappa shape index (κ3) is 6.60. The molecule has 3 N–H and O–H groups in total. The van der Waals surface area contributed by atoms with Crippen molar-refractivity contribution < 1.29 is 4.79 Å². The first kappa shape index (κ1) is 17.3. The molecular weight excluding hydrogens is 295 g/mol. The molecule has 0 saturated carbocycles. The van der Waals surface area contributed by atoms with Crippen molar-refractivity contribution in [2.24, 2.45) is 11.7 Å². The fourth-order valence-corrected chi connectivity index (χ4v) is 2.46. The molecule has 0 aromatic heterocycles. The molecule has 0 spiro atoms. The predicted octanol–water partition coefficient (Wildman–Crippen LogP) is 3.42. The van der Waals surface area contributed by atoms with E-state index in [1.807, 2.05) is 6.07 Å². The molecule has 112 valence electrons. The second-order valence-corrected chi connectivity index (χ2v) is 5.90. The number of rotatable bonds is 8. The van der Waals surface area contributed by atoms with Crippen molar-refractivity contribution in [2.45, 2.75) is 32.6 Å². The van der Waals surface area contributed by atoms with Gasteiger partial charge in [0.15, 0.2) is 0 Å². The lowest BCUT2D eigenvalue weighted by atomic mass is 10.0. The van der Waals surface area contributed by atoms with Crippen molar-refractivity contribution in [3.05, 3.63) is 33.8 Å². The zero-order chi connectivity index (χ0) is 15.0. The van der Waals surface area contributed by atoms with E-state index in [0.717, 1.165) is 18.4 Å². The molecule has 0 saturated heterocycles. The van der Waals surface area contributed by atoms with Gasteiger partial charge in [0.05, 0.1) is 0 Å². The van der Waals surface area contributed by atoms with Gasteiger partial charge in [-0.3, -0.25) is 4.79 Å². The molecule has 0 aliphatic carbocycles. The Hall–Kier alpha value is -0.770. The number of hydrogen-bond donors (Lipinski definition) is 2. The molecule has 3 nitrogen and oxygen atoms in total. The van der Waals surface area contributed by atoms with Crippen molar-refractivity contribution in [1.82, 2.24) is 5.32 Å². The van der Waals surface area contributed by atoms with Crippen LogP contribution < -0.4 is 11.1 Å². The zero-order valence-corrected chi connectivity index (χ0v) is 13.3. The number of benzene rings is 1. The molecule has 0 bridgehead atoms. The Balaban J connectivity index is 2.24. The zero-order valence-electron chi connectivity index (χ0n) is 11.8. The summed E-state index contributed by atoms with van der Waals surface area (Å²) in [5, 5.41) is 4.17. The van der Waals surface area contributed by atoms with Crippen LogP contribution in [-0.4, -0.2) is 19.0 Å². The van der Waals surface area contributed by atoms with Crippen molar-refractivity contribution in [3.63, 3.8) is 0 Å². The molecule has 0 fully saturated rings.